The highest BCUT2D eigenvalue weighted by Gasteiger charge is 2.15. The van der Waals surface area contributed by atoms with E-state index in [0.29, 0.717) is 29.7 Å². The average molecular weight is 292 g/mol. The first-order valence-corrected chi connectivity index (χ1v) is 6.67. The van der Waals surface area contributed by atoms with E-state index in [4.69, 9.17) is 23.2 Å². The van der Waals surface area contributed by atoms with Crippen LogP contribution in [0, 0.1) is 0 Å². The van der Waals surface area contributed by atoms with Crippen molar-refractivity contribution in [1.82, 2.24) is 4.90 Å². The molecule has 5 heteroatoms. The van der Waals surface area contributed by atoms with Gasteiger partial charge in [0.25, 0.3) is 0 Å². The Morgan fingerprint density at radius 3 is 1.89 bits per heavy atom. The van der Waals surface area contributed by atoms with Crippen LogP contribution in [0.5, 0.6) is 0 Å². The van der Waals surface area contributed by atoms with Crippen LogP contribution in [-0.4, -0.2) is 40.4 Å². The van der Waals surface area contributed by atoms with E-state index in [2.05, 4.69) is 0 Å². The van der Waals surface area contributed by atoms with Gasteiger partial charge in [-0.25, -0.2) is 0 Å². The minimum Gasteiger partial charge on any atom is -0.392 e. The van der Waals surface area contributed by atoms with E-state index in [0.717, 1.165) is 5.56 Å². The number of nitrogens with zero attached hydrogens (tertiary/aromatic N) is 1. The predicted octanol–water partition coefficient (Wildman–Crippen LogP) is 2.56. The molecule has 0 spiro atoms. The Morgan fingerprint density at radius 1 is 1.06 bits per heavy atom. The average Bonchev–Trinajstić information content (AvgIpc) is 2.21. The molecule has 2 N–H and O–H groups in total. The number of benzene rings is 1. The van der Waals surface area contributed by atoms with Crippen molar-refractivity contribution in [2.75, 3.05) is 13.1 Å². The topological polar surface area (TPSA) is 43.7 Å². The Bertz CT molecular complexity index is 353. The molecule has 1 rings (SSSR count). The lowest BCUT2D eigenvalue weighted by atomic mass is 10.2. The molecule has 0 bridgehead atoms. The summed E-state index contributed by atoms with van der Waals surface area (Å²) in [6.45, 7) is 4.86. The first kappa shape index (κ1) is 15.7. The largest absolute Gasteiger partial charge is 0.392 e. The molecule has 0 aromatic heterocycles. The van der Waals surface area contributed by atoms with Crippen LogP contribution in [-0.2, 0) is 6.54 Å². The molecule has 2 unspecified atom stereocenters. The van der Waals surface area contributed by atoms with Crippen LogP contribution in [0.3, 0.4) is 0 Å². The third-order valence-electron chi connectivity index (χ3n) is 2.49. The molecule has 3 nitrogen and oxygen atoms in total. The van der Waals surface area contributed by atoms with Crippen molar-refractivity contribution in [3.8, 4) is 0 Å². The van der Waals surface area contributed by atoms with E-state index < -0.39 is 12.2 Å². The molecule has 18 heavy (non-hydrogen) atoms. The quantitative estimate of drug-likeness (QED) is 0.847. The predicted molar refractivity (Wildman–Crippen MR) is 75.1 cm³/mol. The summed E-state index contributed by atoms with van der Waals surface area (Å²) in [5.74, 6) is 0. The van der Waals surface area contributed by atoms with Gasteiger partial charge in [-0.3, -0.25) is 4.90 Å². The summed E-state index contributed by atoms with van der Waals surface area (Å²) in [6, 6.07) is 5.36. The zero-order valence-electron chi connectivity index (χ0n) is 10.6. The monoisotopic (exact) mass is 291 g/mol. The lowest BCUT2D eigenvalue weighted by Crippen LogP contribution is -2.36. The zero-order chi connectivity index (χ0) is 13.7. The molecule has 0 fully saturated rings. The number of hydrogen-bond acceptors (Lipinski definition) is 3. The van der Waals surface area contributed by atoms with E-state index in [-0.39, 0.29) is 0 Å². The fourth-order valence-corrected chi connectivity index (χ4v) is 2.37. The maximum Gasteiger partial charge on any atom is 0.0639 e. The number of halogens is 2. The second-order valence-corrected chi connectivity index (χ2v) is 5.41. The molecule has 1 aromatic carbocycles. The Balaban J connectivity index is 2.81. The third kappa shape index (κ3) is 5.12. The van der Waals surface area contributed by atoms with Crippen molar-refractivity contribution in [2.45, 2.75) is 32.6 Å². The third-order valence-corrected chi connectivity index (χ3v) is 3.20. The SMILES string of the molecule is CC(O)CN(Cc1c(Cl)cccc1Cl)CC(C)O. The summed E-state index contributed by atoms with van der Waals surface area (Å²) < 4.78 is 0. The molecular weight excluding hydrogens is 273 g/mol. The second-order valence-electron chi connectivity index (χ2n) is 4.59. The van der Waals surface area contributed by atoms with Crippen LogP contribution in [0.25, 0.3) is 0 Å². The van der Waals surface area contributed by atoms with Crippen LogP contribution < -0.4 is 0 Å². The van der Waals surface area contributed by atoms with Crippen molar-refractivity contribution in [2.24, 2.45) is 0 Å². The van der Waals surface area contributed by atoms with Gasteiger partial charge in [0.05, 0.1) is 12.2 Å². The zero-order valence-corrected chi connectivity index (χ0v) is 12.1. The van der Waals surface area contributed by atoms with E-state index in [1.165, 1.54) is 0 Å². The standard InChI is InChI=1S/C13H19Cl2NO2/c1-9(17)6-16(7-10(2)18)8-11-12(14)4-3-5-13(11)15/h3-5,9-10,17-18H,6-8H2,1-2H3. The molecule has 2 atom stereocenters. The van der Waals surface area contributed by atoms with Crippen molar-refractivity contribution in [1.29, 1.82) is 0 Å². The minimum absolute atomic E-state index is 0.465. The highest BCUT2D eigenvalue weighted by molar-refractivity contribution is 6.35. The van der Waals surface area contributed by atoms with Gasteiger partial charge in [0.15, 0.2) is 0 Å². The number of aliphatic hydroxyl groups is 2. The summed E-state index contributed by atoms with van der Waals surface area (Å²) in [5, 5.41) is 20.1. The van der Waals surface area contributed by atoms with E-state index in [1.54, 1.807) is 32.0 Å². The summed E-state index contributed by atoms with van der Waals surface area (Å²) in [5.41, 5.74) is 0.821. The van der Waals surface area contributed by atoms with Gasteiger partial charge in [0.1, 0.15) is 0 Å². The van der Waals surface area contributed by atoms with Crippen molar-refractivity contribution in [3.63, 3.8) is 0 Å². The summed E-state index contributed by atoms with van der Waals surface area (Å²) >= 11 is 12.2. The Labute approximate surface area is 118 Å². The molecule has 0 aliphatic rings. The van der Waals surface area contributed by atoms with Crippen LogP contribution in [0.4, 0.5) is 0 Å². The van der Waals surface area contributed by atoms with Gasteiger partial charge in [-0.1, -0.05) is 29.3 Å². The van der Waals surface area contributed by atoms with Gasteiger partial charge in [0.2, 0.25) is 0 Å². The number of hydrogen-bond donors (Lipinski definition) is 2. The maximum atomic E-state index is 9.46. The number of rotatable bonds is 6. The van der Waals surface area contributed by atoms with Gasteiger partial charge in [0, 0.05) is 35.2 Å². The molecule has 0 aliphatic heterocycles. The molecule has 0 aliphatic carbocycles. The highest BCUT2D eigenvalue weighted by atomic mass is 35.5. The van der Waals surface area contributed by atoms with Crippen LogP contribution >= 0.6 is 23.2 Å². The summed E-state index contributed by atoms with van der Waals surface area (Å²) in [6.07, 6.45) is -0.935. The Morgan fingerprint density at radius 2 is 1.50 bits per heavy atom. The highest BCUT2D eigenvalue weighted by Crippen LogP contribution is 2.25. The second kappa shape index (κ2) is 7.31. The first-order valence-electron chi connectivity index (χ1n) is 5.91. The van der Waals surface area contributed by atoms with Crippen LogP contribution in [0.1, 0.15) is 19.4 Å². The molecule has 0 radical (unpaired) electrons. The van der Waals surface area contributed by atoms with Gasteiger partial charge in [-0.05, 0) is 26.0 Å². The van der Waals surface area contributed by atoms with Crippen LogP contribution in [0.15, 0.2) is 18.2 Å². The molecule has 0 saturated carbocycles. The molecule has 1 aromatic rings. The Kier molecular flexibility index (Phi) is 6.39. The molecule has 102 valence electrons. The van der Waals surface area contributed by atoms with Gasteiger partial charge in [-0.15, -0.1) is 0 Å². The van der Waals surface area contributed by atoms with Crippen molar-refractivity contribution < 1.29 is 10.2 Å². The maximum absolute atomic E-state index is 9.46. The first-order chi connectivity index (χ1) is 8.40. The summed E-state index contributed by atoms with van der Waals surface area (Å²) in [4.78, 5) is 1.93. The molecule has 0 amide bonds. The normalized spacial score (nSPS) is 14.8. The fourth-order valence-electron chi connectivity index (χ4n) is 1.86. The summed E-state index contributed by atoms with van der Waals surface area (Å²) in [7, 11) is 0. The number of aliphatic hydroxyl groups excluding tert-OH is 2. The lowest BCUT2D eigenvalue weighted by molar-refractivity contribution is 0.0794. The minimum atomic E-state index is -0.468. The fraction of sp³-hybridized carbons (Fsp3) is 0.538. The van der Waals surface area contributed by atoms with Crippen LogP contribution in [0.2, 0.25) is 10.0 Å². The molecule has 0 heterocycles. The van der Waals surface area contributed by atoms with E-state index in [1.807, 2.05) is 4.90 Å². The van der Waals surface area contributed by atoms with Crippen molar-refractivity contribution >= 4 is 23.2 Å². The van der Waals surface area contributed by atoms with Crippen molar-refractivity contribution in [3.05, 3.63) is 33.8 Å². The van der Waals surface area contributed by atoms with E-state index >= 15 is 0 Å². The van der Waals surface area contributed by atoms with Gasteiger partial charge < -0.3 is 10.2 Å². The molecular formula is C13H19Cl2NO2. The van der Waals surface area contributed by atoms with Gasteiger partial charge >= 0.3 is 0 Å². The molecule has 0 saturated heterocycles. The lowest BCUT2D eigenvalue weighted by Gasteiger charge is -2.25. The van der Waals surface area contributed by atoms with E-state index in [9.17, 15) is 10.2 Å². The smallest absolute Gasteiger partial charge is 0.0639 e. The Hall–Kier alpha value is -0.320. The van der Waals surface area contributed by atoms with Gasteiger partial charge in [-0.2, -0.15) is 0 Å².